The molecule has 0 unspecified atom stereocenters. The molecule has 1 amide bonds. The minimum absolute atomic E-state index is 0.138. The normalized spacial score (nSPS) is 14.4. The van der Waals surface area contributed by atoms with Crippen LogP contribution in [0.1, 0.15) is 5.56 Å². The number of benzene rings is 2. The standard InChI is InChI=1S/C20H19ClN4OS/c21-17-8-4-5-15(13-17)14-18(26)24-9-11-25(12-10-24)20-22-19(23-27-20)16-6-2-1-3-7-16/h1-8,13H,9-12,14H2. The van der Waals surface area contributed by atoms with Gasteiger partial charge in [-0.2, -0.15) is 9.36 Å². The van der Waals surface area contributed by atoms with Gasteiger partial charge in [-0.1, -0.05) is 54.1 Å². The molecule has 1 saturated heterocycles. The summed E-state index contributed by atoms with van der Waals surface area (Å²) >= 11 is 7.42. The van der Waals surface area contributed by atoms with Gasteiger partial charge in [-0.05, 0) is 17.7 Å². The van der Waals surface area contributed by atoms with E-state index in [1.807, 2.05) is 59.5 Å². The molecular weight excluding hydrogens is 380 g/mol. The molecular formula is C20H19ClN4OS. The van der Waals surface area contributed by atoms with Crippen molar-refractivity contribution >= 4 is 34.2 Å². The van der Waals surface area contributed by atoms with Crippen LogP contribution in [0, 0.1) is 0 Å². The Kier molecular flexibility index (Phi) is 5.36. The molecule has 1 aliphatic rings. The van der Waals surface area contributed by atoms with Gasteiger partial charge in [0, 0.05) is 48.3 Å². The number of carbonyl (C=O) groups is 1. The minimum atomic E-state index is 0.138. The van der Waals surface area contributed by atoms with Crippen molar-refractivity contribution in [3.05, 3.63) is 65.2 Å². The van der Waals surface area contributed by atoms with Crippen LogP contribution in [-0.2, 0) is 11.2 Å². The van der Waals surface area contributed by atoms with Gasteiger partial charge in [-0.3, -0.25) is 4.79 Å². The topological polar surface area (TPSA) is 49.3 Å². The maximum Gasteiger partial charge on any atom is 0.227 e. The van der Waals surface area contributed by atoms with E-state index in [1.165, 1.54) is 11.5 Å². The number of hydrogen-bond donors (Lipinski definition) is 0. The van der Waals surface area contributed by atoms with Crippen LogP contribution in [0.3, 0.4) is 0 Å². The number of anilines is 1. The number of piperazine rings is 1. The second kappa shape index (κ2) is 8.06. The second-order valence-corrected chi connectivity index (χ2v) is 7.61. The van der Waals surface area contributed by atoms with E-state index < -0.39 is 0 Å². The van der Waals surface area contributed by atoms with Crippen LogP contribution in [0.15, 0.2) is 54.6 Å². The molecule has 0 aliphatic carbocycles. The number of rotatable bonds is 4. The molecule has 0 spiro atoms. The third-order valence-electron chi connectivity index (χ3n) is 4.59. The summed E-state index contributed by atoms with van der Waals surface area (Å²) in [6, 6.07) is 17.5. The first kappa shape index (κ1) is 17.9. The third-order valence-corrected chi connectivity index (χ3v) is 5.61. The van der Waals surface area contributed by atoms with Crippen molar-refractivity contribution in [1.82, 2.24) is 14.3 Å². The predicted molar refractivity (Wildman–Crippen MR) is 109 cm³/mol. The van der Waals surface area contributed by atoms with Gasteiger partial charge >= 0.3 is 0 Å². The van der Waals surface area contributed by atoms with Gasteiger partial charge in [-0.15, -0.1) is 0 Å². The van der Waals surface area contributed by atoms with Crippen LogP contribution in [-0.4, -0.2) is 46.3 Å². The first-order chi connectivity index (χ1) is 13.2. The van der Waals surface area contributed by atoms with E-state index in [0.29, 0.717) is 24.5 Å². The zero-order chi connectivity index (χ0) is 18.6. The average Bonchev–Trinajstić information content (AvgIpc) is 3.19. The lowest BCUT2D eigenvalue weighted by Gasteiger charge is -2.34. The van der Waals surface area contributed by atoms with Crippen molar-refractivity contribution in [2.24, 2.45) is 0 Å². The van der Waals surface area contributed by atoms with Crippen LogP contribution >= 0.6 is 23.1 Å². The molecule has 1 aliphatic heterocycles. The van der Waals surface area contributed by atoms with Crippen LogP contribution < -0.4 is 4.90 Å². The first-order valence-electron chi connectivity index (χ1n) is 8.85. The highest BCUT2D eigenvalue weighted by Gasteiger charge is 2.23. The van der Waals surface area contributed by atoms with E-state index in [9.17, 15) is 4.79 Å². The highest BCUT2D eigenvalue weighted by molar-refractivity contribution is 7.09. The minimum Gasteiger partial charge on any atom is -0.343 e. The smallest absolute Gasteiger partial charge is 0.227 e. The SMILES string of the molecule is O=C(Cc1cccc(Cl)c1)N1CCN(c2nc(-c3ccccc3)ns2)CC1. The van der Waals surface area contributed by atoms with Crippen molar-refractivity contribution in [2.75, 3.05) is 31.1 Å². The van der Waals surface area contributed by atoms with Crippen LogP contribution in [0.5, 0.6) is 0 Å². The Morgan fingerprint density at radius 1 is 1.04 bits per heavy atom. The highest BCUT2D eigenvalue weighted by atomic mass is 35.5. The fraction of sp³-hybridized carbons (Fsp3) is 0.250. The summed E-state index contributed by atoms with van der Waals surface area (Å²) in [5, 5.41) is 1.58. The summed E-state index contributed by atoms with van der Waals surface area (Å²) in [6.45, 7) is 2.93. The van der Waals surface area contributed by atoms with Gasteiger partial charge in [0.2, 0.25) is 11.0 Å². The number of carbonyl (C=O) groups excluding carboxylic acids is 1. The molecule has 138 valence electrons. The van der Waals surface area contributed by atoms with E-state index in [4.69, 9.17) is 11.6 Å². The Bertz CT molecular complexity index is 922. The molecule has 0 radical (unpaired) electrons. The van der Waals surface area contributed by atoms with Gasteiger partial charge in [0.15, 0.2) is 5.82 Å². The molecule has 5 nitrogen and oxygen atoms in total. The maximum absolute atomic E-state index is 12.6. The van der Waals surface area contributed by atoms with Gasteiger partial charge in [0.25, 0.3) is 0 Å². The molecule has 0 atom stereocenters. The summed E-state index contributed by atoms with van der Waals surface area (Å²) < 4.78 is 4.48. The van der Waals surface area contributed by atoms with E-state index in [0.717, 1.165) is 35.2 Å². The molecule has 0 saturated carbocycles. The fourth-order valence-corrected chi connectivity index (χ4v) is 4.08. The summed E-state index contributed by atoms with van der Waals surface area (Å²) in [5.41, 5.74) is 1.97. The first-order valence-corrected chi connectivity index (χ1v) is 10.0. The summed E-state index contributed by atoms with van der Waals surface area (Å²) in [7, 11) is 0. The van der Waals surface area contributed by atoms with Crippen molar-refractivity contribution in [1.29, 1.82) is 0 Å². The summed E-state index contributed by atoms with van der Waals surface area (Å²) in [5.74, 6) is 0.897. The lowest BCUT2D eigenvalue weighted by Crippen LogP contribution is -2.49. The molecule has 1 fully saturated rings. The van der Waals surface area contributed by atoms with Crippen molar-refractivity contribution in [3.63, 3.8) is 0 Å². The van der Waals surface area contributed by atoms with Gasteiger partial charge in [0.05, 0.1) is 6.42 Å². The van der Waals surface area contributed by atoms with Crippen molar-refractivity contribution in [2.45, 2.75) is 6.42 Å². The molecule has 0 bridgehead atoms. The van der Waals surface area contributed by atoms with Crippen LogP contribution in [0.25, 0.3) is 11.4 Å². The lowest BCUT2D eigenvalue weighted by atomic mass is 10.1. The number of amides is 1. The molecule has 7 heteroatoms. The van der Waals surface area contributed by atoms with Crippen molar-refractivity contribution in [3.8, 4) is 11.4 Å². The largest absolute Gasteiger partial charge is 0.343 e. The second-order valence-electron chi connectivity index (χ2n) is 6.44. The third kappa shape index (κ3) is 4.28. The molecule has 1 aromatic heterocycles. The Morgan fingerprint density at radius 3 is 2.56 bits per heavy atom. The molecule has 3 aromatic rings. The predicted octanol–water partition coefficient (Wildman–Crippen LogP) is 3.75. The number of halogens is 1. The Morgan fingerprint density at radius 2 is 1.81 bits per heavy atom. The highest BCUT2D eigenvalue weighted by Crippen LogP contribution is 2.24. The Balaban J connectivity index is 1.35. The van der Waals surface area contributed by atoms with Gasteiger partial charge in [-0.25, -0.2) is 0 Å². The molecule has 27 heavy (non-hydrogen) atoms. The van der Waals surface area contributed by atoms with E-state index in [1.54, 1.807) is 0 Å². The summed E-state index contributed by atoms with van der Waals surface area (Å²) in [6.07, 6.45) is 0.386. The van der Waals surface area contributed by atoms with Crippen LogP contribution in [0.2, 0.25) is 5.02 Å². The molecule has 2 heterocycles. The van der Waals surface area contributed by atoms with Gasteiger partial charge in [0.1, 0.15) is 0 Å². The molecule has 0 N–H and O–H groups in total. The fourth-order valence-electron chi connectivity index (χ4n) is 3.13. The zero-order valence-corrected chi connectivity index (χ0v) is 16.3. The average molecular weight is 399 g/mol. The van der Waals surface area contributed by atoms with Crippen molar-refractivity contribution < 1.29 is 4.79 Å². The number of nitrogens with zero attached hydrogens (tertiary/aromatic N) is 4. The Labute approximate surface area is 167 Å². The monoisotopic (exact) mass is 398 g/mol. The molecule has 2 aromatic carbocycles. The molecule has 4 rings (SSSR count). The zero-order valence-electron chi connectivity index (χ0n) is 14.7. The van der Waals surface area contributed by atoms with Gasteiger partial charge < -0.3 is 9.80 Å². The summed E-state index contributed by atoms with van der Waals surface area (Å²) in [4.78, 5) is 21.3. The van der Waals surface area contributed by atoms with E-state index in [-0.39, 0.29) is 5.91 Å². The number of hydrogen-bond acceptors (Lipinski definition) is 5. The van der Waals surface area contributed by atoms with Crippen LogP contribution in [0.4, 0.5) is 5.13 Å². The number of aromatic nitrogens is 2. The maximum atomic E-state index is 12.6. The lowest BCUT2D eigenvalue weighted by molar-refractivity contribution is -0.130. The quantitative estimate of drug-likeness (QED) is 0.671. The van der Waals surface area contributed by atoms with E-state index >= 15 is 0 Å². The Hall–Kier alpha value is -2.44. The van der Waals surface area contributed by atoms with E-state index in [2.05, 4.69) is 14.3 Å².